The molecule has 0 saturated carbocycles. The van der Waals surface area contributed by atoms with Crippen LogP contribution in [0.4, 0.5) is 0 Å². The van der Waals surface area contributed by atoms with Crippen molar-refractivity contribution < 1.29 is 4.79 Å². The molecule has 3 aromatic rings. The Morgan fingerprint density at radius 1 is 0.741 bits per heavy atom. The molecule has 0 aliphatic carbocycles. The lowest BCUT2D eigenvalue weighted by atomic mass is 10.1. The zero-order chi connectivity index (χ0) is 18.5. The summed E-state index contributed by atoms with van der Waals surface area (Å²) in [6.07, 6.45) is 1.75. The van der Waals surface area contributed by atoms with Crippen molar-refractivity contribution in [2.24, 2.45) is 0 Å². The molecule has 1 amide bonds. The molecule has 1 heterocycles. The van der Waals surface area contributed by atoms with E-state index in [4.69, 9.17) is 0 Å². The number of hydrogen-bond donors (Lipinski definition) is 1. The van der Waals surface area contributed by atoms with E-state index in [0.29, 0.717) is 6.54 Å². The molecule has 0 saturated heterocycles. The quantitative estimate of drug-likeness (QED) is 0.687. The molecule has 136 valence electrons. The molecule has 0 aromatic heterocycles. The largest absolute Gasteiger partial charge is 0.319 e. The van der Waals surface area contributed by atoms with Crippen molar-refractivity contribution in [3.8, 4) is 0 Å². The fourth-order valence-electron chi connectivity index (χ4n) is 3.71. The normalized spacial score (nSPS) is 15.8. The summed E-state index contributed by atoms with van der Waals surface area (Å²) >= 11 is 0. The van der Waals surface area contributed by atoms with Crippen LogP contribution < -0.4 is 5.32 Å². The SMILES string of the molecule is O=C1c2ccccc2[C@H](NCCc2ccccc2)N1CCc1ccccc1. The number of carbonyl (C=O) groups is 1. The van der Waals surface area contributed by atoms with Crippen LogP contribution >= 0.6 is 0 Å². The van der Waals surface area contributed by atoms with Crippen LogP contribution in [0.2, 0.25) is 0 Å². The third kappa shape index (κ3) is 3.93. The smallest absolute Gasteiger partial charge is 0.255 e. The van der Waals surface area contributed by atoms with E-state index in [1.165, 1.54) is 11.1 Å². The van der Waals surface area contributed by atoms with Crippen molar-refractivity contribution in [1.29, 1.82) is 0 Å². The molecule has 1 atom stereocenters. The molecule has 0 spiro atoms. The summed E-state index contributed by atoms with van der Waals surface area (Å²) in [6.45, 7) is 1.54. The molecule has 0 bridgehead atoms. The van der Waals surface area contributed by atoms with Crippen LogP contribution in [0.15, 0.2) is 84.9 Å². The minimum Gasteiger partial charge on any atom is -0.319 e. The minimum absolute atomic E-state index is 0.0545. The minimum atomic E-state index is -0.0545. The zero-order valence-corrected chi connectivity index (χ0v) is 15.3. The van der Waals surface area contributed by atoms with Crippen molar-refractivity contribution in [2.75, 3.05) is 13.1 Å². The molecule has 1 aliphatic heterocycles. The highest BCUT2D eigenvalue weighted by Gasteiger charge is 2.35. The van der Waals surface area contributed by atoms with Crippen LogP contribution in [0.1, 0.15) is 33.2 Å². The summed E-state index contributed by atoms with van der Waals surface area (Å²) in [7, 11) is 0. The number of carbonyl (C=O) groups excluding carboxylic acids is 1. The van der Waals surface area contributed by atoms with Crippen LogP contribution in [-0.2, 0) is 12.8 Å². The molecule has 3 nitrogen and oxygen atoms in total. The van der Waals surface area contributed by atoms with Gasteiger partial charge in [-0.05, 0) is 30.0 Å². The summed E-state index contributed by atoms with van der Waals surface area (Å²) in [5, 5.41) is 3.61. The van der Waals surface area contributed by atoms with E-state index in [-0.39, 0.29) is 12.1 Å². The van der Waals surface area contributed by atoms with Crippen molar-refractivity contribution in [3.63, 3.8) is 0 Å². The van der Waals surface area contributed by atoms with E-state index in [1.807, 2.05) is 47.4 Å². The van der Waals surface area contributed by atoms with Crippen molar-refractivity contribution >= 4 is 5.91 Å². The maximum Gasteiger partial charge on any atom is 0.255 e. The lowest BCUT2D eigenvalue weighted by molar-refractivity contribution is 0.0698. The van der Waals surface area contributed by atoms with Crippen molar-refractivity contribution in [2.45, 2.75) is 19.0 Å². The predicted molar refractivity (Wildman–Crippen MR) is 109 cm³/mol. The van der Waals surface area contributed by atoms with E-state index < -0.39 is 0 Å². The van der Waals surface area contributed by atoms with Crippen LogP contribution in [0, 0.1) is 0 Å². The molecule has 3 aromatic carbocycles. The van der Waals surface area contributed by atoms with Gasteiger partial charge in [0.1, 0.15) is 6.17 Å². The first-order chi connectivity index (χ1) is 13.3. The van der Waals surface area contributed by atoms with Gasteiger partial charge in [0.05, 0.1) is 0 Å². The van der Waals surface area contributed by atoms with E-state index in [2.05, 4.69) is 47.8 Å². The van der Waals surface area contributed by atoms with Gasteiger partial charge in [-0.3, -0.25) is 10.1 Å². The number of amides is 1. The van der Waals surface area contributed by atoms with Gasteiger partial charge in [-0.25, -0.2) is 0 Å². The van der Waals surface area contributed by atoms with Crippen LogP contribution in [0.5, 0.6) is 0 Å². The average Bonchev–Trinajstić information content (AvgIpc) is 3.00. The van der Waals surface area contributed by atoms with Gasteiger partial charge in [0.25, 0.3) is 5.91 Å². The van der Waals surface area contributed by atoms with Gasteiger partial charge in [-0.1, -0.05) is 78.9 Å². The molecule has 27 heavy (non-hydrogen) atoms. The fourth-order valence-corrected chi connectivity index (χ4v) is 3.71. The Hall–Kier alpha value is -2.91. The molecule has 1 N–H and O–H groups in total. The lowest BCUT2D eigenvalue weighted by Crippen LogP contribution is -2.38. The van der Waals surface area contributed by atoms with Crippen LogP contribution in [0.3, 0.4) is 0 Å². The highest BCUT2D eigenvalue weighted by Crippen LogP contribution is 2.31. The van der Waals surface area contributed by atoms with E-state index in [1.54, 1.807) is 0 Å². The van der Waals surface area contributed by atoms with Gasteiger partial charge in [0.2, 0.25) is 0 Å². The predicted octanol–water partition coefficient (Wildman–Crippen LogP) is 4.22. The van der Waals surface area contributed by atoms with E-state index in [0.717, 1.165) is 30.5 Å². The van der Waals surface area contributed by atoms with Gasteiger partial charge in [0, 0.05) is 24.2 Å². The summed E-state index contributed by atoms with van der Waals surface area (Å²) < 4.78 is 0. The first-order valence-electron chi connectivity index (χ1n) is 9.54. The highest BCUT2D eigenvalue weighted by molar-refractivity contribution is 5.99. The standard InChI is InChI=1S/C24H24N2O/c27-24-22-14-8-7-13-21(22)23(25-17-15-19-9-3-1-4-10-19)26(24)18-16-20-11-5-2-6-12-20/h1-14,23,25H,15-18H2/t23-/m1/s1. The fraction of sp³-hybridized carbons (Fsp3) is 0.208. The Kier molecular flexibility index (Phi) is 5.31. The number of hydrogen-bond acceptors (Lipinski definition) is 2. The first-order valence-corrected chi connectivity index (χ1v) is 9.54. The third-order valence-electron chi connectivity index (χ3n) is 5.14. The Labute approximate surface area is 160 Å². The van der Waals surface area contributed by atoms with Gasteiger partial charge in [0.15, 0.2) is 0 Å². The van der Waals surface area contributed by atoms with Crippen molar-refractivity contribution in [1.82, 2.24) is 10.2 Å². The lowest BCUT2D eigenvalue weighted by Gasteiger charge is -2.26. The van der Waals surface area contributed by atoms with Gasteiger partial charge in [-0.2, -0.15) is 0 Å². The topological polar surface area (TPSA) is 32.3 Å². The van der Waals surface area contributed by atoms with Gasteiger partial charge in [-0.15, -0.1) is 0 Å². The summed E-state index contributed by atoms with van der Waals surface area (Å²) in [4.78, 5) is 14.9. The summed E-state index contributed by atoms with van der Waals surface area (Å²) in [5.74, 6) is 0.124. The summed E-state index contributed by atoms with van der Waals surface area (Å²) in [5.41, 5.74) is 4.47. The molecule has 1 aliphatic rings. The molecular weight excluding hydrogens is 332 g/mol. The second-order valence-corrected chi connectivity index (χ2v) is 6.91. The Morgan fingerprint density at radius 2 is 1.33 bits per heavy atom. The number of benzene rings is 3. The second-order valence-electron chi connectivity index (χ2n) is 6.91. The maximum absolute atomic E-state index is 12.9. The summed E-state index contributed by atoms with van der Waals surface area (Å²) in [6, 6.07) is 28.8. The Bertz CT molecular complexity index is 893. The van der Waals surface area contributed by atoms with Crippen molar-refractivity contribution in [3.05, 3.63) is 107 Å². The second kappa shape index (κ2) is 8.19. The molecule has 3 heteroatoms. The van der Waals surface area contributed by atoms with E-state index in [9.17, 15) is 4.79 Å². The molecular formula is C24H24N2O. The highest BCUT2D eigenvalue weighted by atomic mass is 16.2. The number of rotatable bonds is 7. The molecule has 0 fully saturated rings. The zero-order valence-electron chi connectivity index (χ0n) is 15.3. The van der Waals surface area contributed by atoms with E-state index >= 15 is 0 Å². The van der Waals surface area contributed by atoms with Crippen LogP contribution in [-0.4, -0.2) is 23.9 Å². The third-order valence-corrected chi connectivity index (χ3v) is 5.14. The van der Waals surface area contributed by atoms with Gasteiger partial charge >= 0.3 is 0 Å². The molecule has 0 radical (unpaired) electrons. The molecule has 0 unspecified atom stereocenters. The monoisotopic (exact) mass is 356 g/mol. The van der Waals surface area contributed by atoms with Crippen LogP contribution in [0.25, 0.3) is 0 Å². The number of fused-ring (bicyclic) bond motifs is 1. The van der Waals surface area contributed by atoms with Gasteiger partial charge < -0.3 is 4.90 Å². The maximum atomic E-state index is 12.9. The Balaban J connectivity index is 1.47. The first kappa shape index (κ1) is 17.5. The number of nitrogens with zero attached hydrogens (tertiary/aromatic N) is 1. The average molecular weight is 356 g/mol. The Morgan fingerprint density at radius 3 is 2.04 bits per heavy atom. The molecule has 4 rings (SSSR count). The number of nitrogens with one attached hydrogen (secondary N) is 1.